The van der Waals surface area contributed by atoms with Gasteiger partial charge in [0.25, 0.3) is 0 Å². The van der Waals surface area contributed by atoms with Crippen molar-refractivity contribution in [2.75, 3.05) is 6.26 Å². The second kappa shape index (κ2) is 6.05. The Balaban J connectivity index is 2.28. The molecule has 0 aliphatic carbocycles. The van der Waals surface area contributed by atoms with Gasteiger partial charge >= 0.3 is 6.01 Å². The zero-order valence-electron chi connectivity index (χ0n) is 10.1. The minimum atomic E-state index is -0.0922. The van der Waals surface area contributed by atoms with Crippen LogP contribution in [-0.2, 0) is 0 Å². The van der Waals surface area contributed by atoms with Crippen molar-refractivity contribution in [1.82, 2.24) is 9.97 Å². The summed E-state index contributed by atoms with van der Waals surface area (Å²) in [6.45, 7) is 0. The maximum absolute atomic E-state index is 8.61. The van der Waals surface area contributed by atoms with Crippen molar-refractivity contribution in [3.63, 3.8) is 0 Å². The second-order valence-corrected chi connectivity index (χ2v) is 4.31. The number of oxime groups is 1. The maximum Gasteiger partial charge on any atom is 0.322 e. The number of para-hydroxylation sites is 1. The molecule has 98 valence electrons. The number of nitrogens with zero attached hydrogens (tertiary/aromatic N) is 3. The van der Waals surface area contributed by atoms with E-state index in [4.69, 9.17) is 15.7 Å². The largest absolute Gasteiger partial charge is 0.423 e. The third kappa shape index (κ3) is 3.14. The summed E-state index contributed by atoms with van der Waals surface area (Å²) in [6, 6.07) is 9.22. The molecule has 1 aromatic heterocycles. The van der Waals surface area contributed by atoms with Crippen LogP contribution in [0.4, 0.5) is 0 Å². The van der Waals surface area contributed by atoms with E-state index in [2.05, 4.69) is 15.1 Å². The second-order valence-electron chi connectivity index (χ2n) is 3.46. The molecule has 0 fully saturated rings. The Morgan fingerprint density at radius 3 is 2.89 bits per heavy atom. The predicted molar refractivity (Wildman–Crippen MR) is 72.8 cm³/mol. The number of amidine groups is 1. The predicted octanol–water partition coefficient (Wildman–Crippen LogP) is 2.09. The van der Waals surface area contributed by atoms with E-state index in [0.29, 0.717) is 11.4 Å². The molecule has 0 unspecified atom stereocenters. The molecule has 1 heterocycles. The summed E-state index contributed by atoms with van der Waals surface area (Å²) in [6.07, 6.45) is 3.44. The molecule has 0 spiro atoms. The average Bonchev–Trinajstić information content (AvgIpc) is 2.47. The summed E-state index contributed by atoms with van der Waals surface area (Å²) >= 11 is 1.56. The highest BCUT2D eigenvalue weighted by molar-refractivity contribution is 7.98. The Hall–Kier alpha value is -2.28. The molecule has 19 heavy (non-hydrogen) atoms. The van der Waals surface area contributed by atoms with E-state index in [-0.39, 0.29) is 11.8 Å². The molecule has 7 heteroatoms. The number of thioether (sulfide) groups is 1. The Kier molecular flexibility index (Phi) is 4.19. The average molecular weight is 276 g/mol. The van der Waals surface area contributed by atoms with Crippen LogP contribution in [0.25, 0.3) is 0 Å². The fraction of sp³-hybridized carbons (Fsp3) is 0.0833. The molecule has 2 aromatic rings. The van der Waals surface area contributed by atoms with Crippen molar-refractivity contribution < 1.29 is 9.94 Å². The summed E-state index contributed by atoms with van der Waals surface area (Å²) in [4.78, 5) is 9.02. The van der Waals surface area contributed by atoms with Crippen LogP contribution in [0, 0.1) is 0 Å². The minimum Gasteiger partial charge on any atom is -0.423 e. The quantitative estimate of drug-likeness (QED) is 0.292. The summed E-state index contributed by atoms with van der Waals surface area (Å²) in [5.41, 5.74) is 5.76. The Labute approximate surface area is 114 Å². The lowest BCUT2D eigenvalue weighted by atomic mass is 10.3. The van der Waals surface area contributed by atoms with E-state index in [9.17, 15) is 0 Å². The lowest BCUT2D eigenvalue weighted by molar-refractivity contribution is 0.318. The fourth-order valence-electron chi connectivity index (χ4n) is 1.39. The molecule has 0 atom stereocenters. The van der Waals surface area contributed by atoms with Crippen LogP contribution in [0.2, 0.25) is 0 Å². The highest BCUT2D eigenvalue weighted by atomic mass is 32.2. The van der Waals surface area contributed by atoms with E-state index >= 15 is 0 Å². The normalized spacial score (nSPS) is 11.3. The molecule has 0 saturated heterocycles. The van der Waals surface area contributed by atoms with Gasteiger partial charge in [-0.15, -0.1) is 11.8 Å². The van der Waals surface area contributed by atoms with Gasteiger partial charge in [0, 0.05) is 11.1 Å². The molecule has 0 aliphatic heterocycles. The maximum atomic E-state index is 8.61. The zero-order valence-corrected chi connectivity index (χ0v) is 11.0. The lowest BCUT2D eigenvalue weighted by Gasteiger charge is -2.08. The van der Waals surface area contributed by atoms with Crippen molar-refractivity contribution in [3.8, 4) is 11.8 Å². The van der Waals surface area contributed by atoms with E-state index in [0.717, 1.165) is 4.90 Å². The number of nitrogens with two attached hydrogens (primary N) is 1. The number of rotatable bonds is 4. The molecule has 0 bridgehead atoms. The first-order valence-corrected chi connectivity index (χ1v) is 6.59. The summed E-state index contributed by atoms with van der Waals surface area (Å²) in [5, 5.41) is 11.5. The summed E-state index contributed by atoms with van der Waals surface area (Å²) in [7, 11) is 0. The Morgan fingerprint density at radius 1 is 1.37 bits per heavy atom. The van der Waals surface area contributed by atoms with Crippen molar-refractivity contribution in [2.24, 2.45) is 10.9 Å². The molecule has 6 nitrogen and oxygen atoms in total. The standard InChI is InChI=1S/C12H12N4O2S/c1-19-10-5-3-2-4-9(10)18-12-14-7-6-8(15-12)11(13)16-17/h2-7,17H,1H3,(H2,13,16). The van der Waals surface area contributed by atoms with Crippen molar-refractivity contribution in [3.05, 3.63) is 42.2 Å². The van der Waals surface area contributed by atoms with Crippen LogP contribution >= 0.6 is 11.8 Å². The molecular formula is C12H12N4O2S. The lowest BCUT2D eigenvalue weighted by Crippen LogP contribution is -2.15. The van der Waals surface area contributed by atoms with Gasteiger partial charge in [-0.05, 0) is 24.5 Å². The topological polar surface area (TPSA) is 93.6 Å². The molecule has 1 aromatic carbocycles. The Morgan fingerprint density at radius 2 is 2.16 bits per heavy atom. The minimum absolute atomic E-state index is 0.0922. The van der Waals surface area contributed by atoms with E-state index < -0.39 is 0 Å². The van der Waals surface area contributed by atoms with E-state index in [1.807, 2.05) is 30.5 Å². The molecule has 0 aliphatic rings. The number of aromatic nitrogens is 2. The van der Waals surface area contributed by atoms with Gasteiger partial charge in [0.2, 0.25) is 0 Å². The third-order valence-corrected chi connectivity index (χ3v) is 3.05. The zero-order chi connectivity index (χ0) is 13.7. The fourth-order valence-corrected chi connectivity index (χ4v) is 1.91. The van der Waals surface area contributed by atoms with Gasteiger partial charge in [0.1, 0.15) is 11.4 Å². The van der Waals surface area contributed by atoms with Crippen molar-refractivity contribution in [1.29, 1.82) is 0 Å². The molecule has 3 N–H and O–H groups in total. The van der Waals surface area contributed by atoms with Crippen LogP contribution < -0.4 is 10.5 Å². The van der Waals surface area contributed by atoms with Gasteiger partial charge in [-0.1, -0.05) is 17.3 Å². The van der Waals surface area contributed by atoms with Crippen LogP contribution in [0.15, 0.2) is 46.6 Å². The number of hydrogen-bond acceptors (Lipinski definition) is 6. The molecular weight excluding hydrogens is 264 g/mol. The summed E-state index contributed by atoms with van der Waals surface area (Å²) < 4.78 is 5.60. The van der Waals surface area contributed by atoms with Gasteiger partial charge in [-0.2, -0.15) is 4.98 Å². The SMILES string of the molecule is CSc1ccccc1Oc1nccc(/C(N)=N/O)n1. The molecule has 0 radical (unpaired) electrons. The van der Waals surface area contributed by atoms with Gasteiger partial charge in [-0.3, -0.25) is 0 Å². The monoisotopic (exact) mass is 276 g/mol. The first kappa shape index (κ1) is 13.2. The smallest absolute Gasteiger partial charge is 0.322 e. The van der Waals surface area contributed by atoms with E-state index in [1.165, 1.54) is 12.3 Å². The van der Waals surface area contributed by atoms with Gasteiger partial charge in [0.05, 0.1) is 0 Å². The molecule has 0 amide bonds. The third-order valence-electron chi connectivity index (χ3n) is 2.27. The van der Waals surface area contributed by atoms with Crippen LogP contribution in [0.3, 0.4) is 0 Å². The highest BCUT2D eigenvalue weighted by Gasteiger charge is 2.08. The van der Waals surface area contributed by atoms with Crippen molar-refractivity contribution >= 4 is 17.6 Å². The first-order chi connectivity index (χ1) is 9.24. The molecule has 2 rings (SSSR count). The van der Waals surface area contributed by atoms with Gasteiger partial charge < -0.3 is 15.7 Å². The van der Waals surface area contributed by atoms with E-state index in [1.54, 1.807) is 11.8 Å². The highest BCUT2D eigenvalue weighted by Crippen LogP contribution is 2.29. The van der Waals surface area contributed by atoms with Gasteiger partial charge in [0.15, 0.2) is 5.84 Å². The van der Waals surface area contributed by atoms with Crippen molar-refractivity contribution in [2.45, 2.75) is 4.90 Å². The number of ether oxygens (including phenoxy) is 1. The van der Waals surface area contributed by atoms with Crippen LogP contribution in [0.5, 0.6) is 11.8 Å². The molecule has 0 saturated carbocycles. The van der Waals surface area contributed by atoms with Gasteiger partial charge in [-0.25, -0.2) is 4.98 Å². The first-order valence-electron chi connectivity index (χ1n) is 5.36. The Bertz CT molecular complexity index is 604. The number of benzene rings is 1. The summed E-state index contributed by atoms with van der Waals surface area (Å²) in [5.74, 6) is 0.567. The number of hydrogen-bond donors (Lipinski definition) is 2. The van der Waals surface area contributed by atoms with Crippen LogP contribution in [0.1, 0.15) is 5.69 Å². The van der Waals surface area contributed by atoms with Crippen LogP contribution in [-0.4, -0.2) is 27.3 Å².